The van der Waals surface area contributed by atoms with Gasteiger partial charge in [0.1, 0.15) is 0 Å². The van der Waals surface area contributed by atoms with Gasteiger partial charge in [-0.15, -0.1) is 17.0 Å². The Morgan fingerprint density at radius 1 is 1.00 bits per heavy atom. The van der Waals surface area contributed by atoms with Crippen molar-refractivity contribution in [2.75, 3.05) is 0 Å². The fourth-order valence-electron chi connectivity index (χ4n) is 0. The molecule has 58 valence electrons. The predicted molar refractivity (Wildman–Crippen MR) is 38.8 cm³/mol. The van der Waals surface area contributed by atoms with Crippen LogP contribution in [0.3, 0.4) is 0 Å². The SMILES string of the molecule is Br.N.N.N.O=S(O)O. The molecule has 0 saturated carbocycles. The van der Waals surface area contributed by atoms with Crippen LogP contribution in [0, 0.1) is 0 Å². The molecule has 0 bridgehead atoms. The molecule has 0 saturated heterocycles. The zero-order valence-electron chi connectivity index (χ0n) is 4.24. The molecule has 0 aromatic heterocycles. The molecule has 0 aromatic carbocycles. The summed E-state index contributed by atoms with van der Waals surface area (Å²) in [5.74, 6) is 0. The lowest BCUT2D eigenvalue weighted by Gasteiger charge is -1.59. The molecular formula is H12BrN3O3S. The molecule has 0 spiro atoms. The minimum atomic E-state index is -2.61. The molecule has 0 aliphatic rings. The Hall–Kier alpha value is 0.430. The molecule has 0 atom stereocenters. The molecular weight excluding hydrogens is 202 g/mol. The number of hydrogen-bond acceptors (Lipinski definition) is 4. The van der Waals surface area contributed by atoms with Crippen molar-refractivity contribution < 1.29 is 13.3 Å². The van der Waals surface area contributed by atoms with E-state index in [4.69, 9.17) is 13.3 Å². The lowest BCUT2D eigenvalue weighted by atomic mass is 14.0. The molecule has 0 heterocycles. The van der Waals surface area contributed by atoms with Gasteiger partial charge in [-0.05, 0) is 0 Å². The normalized spacial score (nSPS) is 4.38. The predicted octanol–water partition coefficient (Wildman–Crippen LogP) is 0.745. The van der Waals surface area contributed by atoms with Gasteiger partial charge in [0.15, 0.2) is 0 Å². The highest BCUT2D eigenvalue weighted by molar-refractivity contribution is 8.93. The summed E-state index contributed by atoms with van der Waals surface area (Å²) in [6.45, 7) is 0. The van der Waals surface area contributed by atoms with Crippen molar-refractivity contribution >= 4 is 28.3 Å². The Labute approximate surface area is 60.7 Å². The van der Waals surface area contributed by atoms with Gasteiger partial charge in [0.05, 0.1) is 0 Å². The first-order valence-electron chi connectivity index (χ1n) is 0.532. The van der Waals surface area contributed by atoms with E-state index in [1.807, 2.05) is 0 Å². The fourth-order valence-corrected chi connectivity index (χ4v) is 0. The first-order chi connectivity index (χ1) is 1.73. The second-order valence-corrected chi connectivity index (χ2v) is 0.692. The van der Waals surface area contributed by atoms with Gasteiger partial charge in [-0.1, -0.05) is 0 Å². The molecule has 8 heteroatoms. The Morgan fingerprint density at radius 3 is 1.00 bits per heavy atom. The third-order valence-corrected chi connectivity index (χ3v) is 0. The minimum Gasteiger partial charge on any atom is -0.344 e. The average Bonchev–Trinajstić information content (AvgIpc) is 0.811. The molecule has 0 unspecified atom stereocenters. The standard InChI is InChI=1S/BrH.3H3N.H2O3S/c;;;;1-4(2)3/h1H;3*1H3;(H2,1,2,3). The molecule has 0 radical (unpaired) electrons. The van der Waals surface area contributed by atoms with Gasteiger partial charge in [0.25, 0.3) is 11.4 Å². The van der Waals surface area contributed by atoms with Crippen LogP contribution in [0.1, 0.15) is 0 Å². The molecule has 0 aliphatic carbocycles. The summed E-state index contributed by atoms with van der Waals surface area (Å²) in [5, 5.41) is 0. The average molecular weight is 214 g/mol. The summed E-state index contributed by atoms with van der Waals surface area (Å²) >= 11 is -2.61. The van der Waals surface area contributed by atoms with Crippen molar-refractivity contribution in [1.82, 2.24) is 18.5 Å². The highest BCUT2D eigenvalue weighted by Gasteiger charge is 1.62. The van der Waals surface area contributed by atoms with Gasteiger partial charge in [0.2, 0.25) is 0 Å². The first-order valence-corrected chi connectivity index (χ1v) is 1.60. The Balaban J connectivity index is -0.00000000750. The molecule has 0 aromatic rings. The van der Waals surface area contributed by atoms with Crippen molar-refractivity contribution in [2.24, 2.45) is 0 Å². The Morgan fingerprint density at radius 2 is 1.00 bits per heavy atom. The van der Waals surface area contributed by atoms with Crippen molar-refractivity contribution in [2.45, 2.75) is 0 Å². The van der Waals surface area contributed by atoms with E-state index < -0.39 is 11.4 Å². The van der Waals surface area contributed by atoms with Crippen LogP contribution in [0.2, 0.25) is 0 Å². The second kappa shape index (κ2) is 26.1. The number of rotatable bonds is 0. The van der Waals surface area contributed by atoms with Gasteiger partial charge >= 0.3 is 0 Å². The van der Waals surface area contributed by atoms with Crippen molar-refractivity contribution in [1.29, 1.82) is 0 Å². The van der Waals surface area contributed by atoms with Crippen LogP contribution >= 0.6 is 17.0 Å². The maximum absolute atomic E-state index is 8.67. The van der Waals surface area contributed by atoms with E-state index in [9.17, 15) is 0 Å². The van der Waals surface area contributed by atoms with Crippen LogP contribution in [-0.4, -0.2) is 13.3 Å². The van der Waals surface area contributed by atoms with Crippen LogP contribution in [0.4, 0.5) is 0 Å². The van der Waals surface area contributed by atoms with Crippen LogP contribution in [0.5, 0.6) is 0 Å². The fraction of sp³-hybridized carbons (Fsp3) is 0. The second-order valence-electron chi connectivity index (χ2n) is 0.231. The third kappa shape index (κ3) is 1030. The van der Waals surface area contributed by atoms with Crippen LogP contribution in [0.25, 0.3) is 0 Å². The molecule has 6 nitrogen and oxygen atoms in total. The molecule has 0 amide bonds. The van der Waals surface area contributed by atoms with E-state index in [1.54, 1.807) is 0 Å². The summed E-state index contributed by atoms with van der Waals surface area (Å²) in [4.78, 5) is 0. The first kappa shape index (κ1) is 39.6. The van der Waals surface area contributed by atoms with E-state index in [2.05, 4.69) is 0 Å². The van der Waals surface area contributed by atoms with Crippen LogP contribution in [-0.2, 0) is 11.4 Å². The molecule has 0 aliphatic heterocycles. The van der Waals surface area contributed by atoms with Crippen molar-refractivity contribution in [3.63, 3.8) is 0 Å². The van der Waals surface area contributed by atoms with E-state index in [-0.39, 0.29) is 35.4 Å². The number of hydrogen-bond donors (Lipinski definition) is 5. The number of halogens is 1. The van der Waals surface area contributed by atoms with E-state index >= 15 is 0 Å². The quantitative estimate of drug-likeness (QED) is 0.373. The summed E-state index contributed by atoms with van der Waals surface area (Å²) in [6, 6.07) is 0. The molecule has 11 N–H and O–H groups in total. The van der Waals surface area contributed by atoms with E-state index in [0.717, 1.165) is 0 Å². The van der Waals surface area contributed by atoms with Crippen LogP contribution in [0.15, 0.2) is 0 Å². The monoisotopic (exact) mass is 213 g/mol. The molecule has 0 rings (SSSR count). The lowest BCUT2D eigenvalue weighted by Crippen LogP contribution is -1.74. The van der Waals surface area contributed by atoms with Crippen molar-refractivity contribution in [3.8, 4) is 0 Å². The van der Waals surface area contributed by atoms with Gasteiger partial charge in [0, 0.05) is 0 Å². The van der Waals surface area contributed by atoms with E-state index in [0.29, 0.717) is 0 Å². The molecule has 8 heavy (non-hydrogen) atoms. The van der Waals surface area contributed by atoms with Crippen molar-refractivity contribution in [3.05, 3.63) is 0 Å². The van der Waals surface area contributed by atoms with Crippen LogP contribution < -0.4 is 18.5 Å². The zero-order chi connectivity index (χ0) is 3.58. The highest BCUT2D eigenvalue weighted by atomic mass is 79.9. The highest BCUT2D eigenvalue weighted by Crippen LogP contribution is 1.44. The minimum absolute atomic E-state index is 0. The van der Waals surface area contributed by atoms with Gasteiger partial charge in [-0.2, -0.15) is 4.21 Å². The van der Waals surface area contributed by atoms with E-state index in [1.165, 1.54) is 0 Å². The molecule has 0 fully saturated rings. The van der Waals surface area contributed by atoms with Gasteiger partial charge in [-0.3, -0.25) is 9.11 Å². The smallest absolute Gasteiger partial charge is 0.299 e. The summed E-state index contributed by atoms with van der Waals surface area (Å²) in [7, 11) is 0. The van der Waals surface area contributed by atoms with Gasteiger partial charge in [-0.25, -0.2) is 0 Å². The Bertz CT molecular complexity index is 37.5. The summed E-state index contributed by atoms with van der Waals surface area (Å²) in [6.07, 6.45) is 0. The summed E-state index contributed by atoms with van der Waals surface area (Å²) in [5.41, 5.74) is 0. The Kier molecular flexibility index (Phi) is 129. The maximum Gasteiger partial charge on any atom is 0.299 e. The topological polar surface area (TPSA) is 163 Å². The zero-order valence-corrected chi connectivity index (χ0v) is 6.77. The summed E-state index contributed by atoms with van der Waals surface area (Å²) < 4.78 is 22.8. The third-order valence-electron chi connectivity index (χ3n) is 0. The lowest BCUT2D eigenvalue weighted by molar-refractivity contribution is 0.454. The maximum atomic E-state index is 8.67. The van der Waals surface area contributed by atoms with Gasteiger partial charge < -0.3 is 18.5 Å². The largest absolute Gasteiger partial charge is 0.344 e.